The molecule has 8 nitrogen and oxygen atoms in total. The third kappa shape index (κ3) is 7.02. The minimum atomic E-state index is -0.808. The van der Waals surface area contributed by atoms with Crippen molar-refractivity contribution in [3.8, 4) is 11.5 Å². The van der Waals surface area contributed by atoms with E-state index < -0.39 is 11.9 Å². The molecule has 1 N–H and O–H groups in total. The number of amides is 1. The number of hydrogen-bond donors (Lipinski definition) is 1. The summed E-state index contributed by atoms with van der Waals surface area (Å²) in [5, 5.41) is 10.6. The van der Waals surface area contributed by atoms with Crippen molar-refractivity contribution in [3.63, 3.8) is 0 Å². The van der Waals surface area contributed by atoms with Crippen LogP contribution in [0.1, 0.15) is 55.2 Å². The van der Waals surface area contributed by atoms with Crippen LogP contribution in [-0.4, -0.2) is 61.3 Å². The number of carboxylic acids is 1. The monoisotopic (exact) mass is 586 g/mol. The Kier molecular flexibility index (Phi) is 9.97. The van der Waals surface area contributed by atoms with Gasteiger partial charge in [0.25, 0.3) is 0 Å². The highest BCUT2D eigenvalue weighted by Crippen LogP contribution is 2.41. The molecule has 0 radical (unpaired) electrons. The van der Waals surface area contributed by atoms with Crippen LogP contribution in [0.25, 0.3) is 0 Å². The molecule has 1 fully saturated rings. The Morgan fingerprint density at radius 2 is 1.98 bits per heavy atom. The first-order valence-corrected chi connectivity index (χ1v) is 15.5. The number of aromatic nitrogens is 1. The molecular weight excluding hydrogens is 542 g/mol. The zero-order valence-corrected chi connectivity index (χ0v) is 25.6. The second-order valence-corrected chi connectivity index (χ2v) is 11.8. The van der Waals surface area contributed by atoms with Crippen molar-refractivity contribution in [2.45, 2.75) is 57.4 Å². The predicted octanol–water partition coefficient (Wildman–Crippen LogP) is 4.78. The van der Waals surface area contributed by atoms with Crippen LogP contribution in [0.2, 0.25) is 0 Å². The summed E-state index contributed by atoms with van der Waals surface area (Å²) in [5.41, 5.74) is 4.11. The Hall–Kier alpha value is -3.91. The number of rotatable bonds is 13. The number of methoxy groups -OCH3 is 1. The Bertz CT molecular complexity index is 1430. The number of likely N-dealkylation sites (tertiary alicyclic amines) is 1. The summed E-state index contributed by atoms with van der Waals surface area (Å²) in [6, 6.07) is 17.7. The molecule has 3 aromatic rings. The Morgan fingerprint density at radius 3 is 2.74 bits per heavy atom. The molecule has 0 saturated carbocycles. The quantitative estimate of drug-likeness (QED) is 0.291. The van der Waals surface area contributed by atoms with Gasteiger partial charge in [0.1, 0.15) is 24.2 Å². The van der Waals surface area contributed by atoms with E-state index >= 15 is 0 Å². The van der Waals surface area contributed by atoms with Gasteiger partial charge < -0.3 is 19.5 Å². The molecule has 0 bridgehead atoms. The van der Waals surface area contributed by atoms with E-state index in [4.69, 9.17) is 9.47 Å². The van der Waals surface area contributed by atoms with Crippen molar-refractivity contribution in [2.75, 3.05) is 38.3 Å². The van der Waals surface area contributed by atoms with Crippen molar-refractivity contribution in [1.82, 2.24) is 4.90 Å². The maximum atomic E-state index is 14.0. The number of para-hydroxylation sites is 1. The van der Waals surface area contributed by atoms with Crippen LogP contribution >= 0.6 is 0 Å². The number of unbranched alkanes of at least 4 members (excludes halogenated alkanes) is 1. The lowest BCUT2D eigenvalue weighted by Gasteiger charge is -2.29. The van der Waals surface area contributed by atoms with Crippen LogP contribution < -0.4 is 18.9 Å². The maximum Gasteiger partial charge on any atom is 0.308 e. The van der Waals surface area contributed by atoms with E-state index in [1.165, 1.54) is 0 Å². The van der Waals surface area contributed by atoms with Gasteiger partial charge in [-0.15, -0.1) is 0 Å². The van der Waals surface area contributed by atoms with E-state index in [0.717, 1.165) is 66.0 Å². The molecule has 2 aliphatic heterocycles. The number of carbonyl (C=O) groups is 2. The molecule has 0 unspecified atom stereocenters. The normalized spacial score (nSPS) is 19.6. The Morgan fingerprint density at radius 1 is 1.14 bits per heavy atom. The molecule has 8 heteroatoms. The molecule has 0 spiro atoms. The van der Waals surface area contributed by atoms with Crippen LogP contribution in [0.15, 0.2) is 67.0 Å². The molecule has 2 aromatic carbocycles. The average Bonchev–Trinajstić information content (AvgIpc) is 3.62. The molecule has 2 aliphatic rings. The summed E-state index contributed by atoms with van der Waals surface area (Å²) in [6.07, 6.45) is 8.86. The summed E-state index contributed by atoms with van der Waals surface area (Å²) in [4.78, 5) is 31.0. The summed E-state index contributed by atoms with van der Waals surface area (Å²) < 4.78 is 13.2. The number of benzene rings is 2. The highest BCUT2D eigenvalue weighted by atomic mass is 16.5. The van der Waals surface area contributed by atoms with E-state index in [-0.39, 0.29) is 24.4 Å². The SMILES string of the molecule is CCCCN(C(=O)CN1C[C@H](c2ccc3c(c2)CCO3)[C@@H](C(=O)O)[C@@H]1CCCc1ccccc1OC)c1ccc[n+](C)c1. The van der Waals surface area contributed by atoms with E-state index in [1.54, 1.807) is 7.11 Å². The first kappa shape index (κ1) is 30.5. The molecule has 5 rings (SSSR count). The number of anilines is 1. The lowest BCUT2D eigenvalue weighted by Crippen LogP contribution is -2.45. The van der Waals surface area contributed by atoms with Gasteiger partial charge in [-0.3, -0.25) is 14.5 Å². The Balaban J connectivity index is 1.42. The zero-order chi connectivity index (χ0) is 30.3. The second kappa shape index (κ2) is 14.0. The lowest BCUT2D eigenvalue weighted by atomic mass is 9.83. The zero-order valence-electron chi connectivity index (χ0n) is 25.6. The fraction of sp³-hybridized carbons (Fsp3) is 0.457. The van der Waals surface area contributed by atoms with E-state index in [0.29, 0.717) is 26.1 Å². The van der Waals surface area contributed by atoms with Crippen molar-refractivity contribution >= 4 is 17.6 Å². The van der Waals surface area contributed by atoms with Gasteiger partial charge in [-0.2, -0.15) is 0 Å². The summed E-state index contributed by atoms with van der Waals surface area (Å²) in [5.74, 6) is 0.0853. The Labute approximate surface area is 254 Å². The summed E-state index contributed by atoms with van der Waals surface area (Å²) >= 11 is 0. The number of fused-ring (bicyclic) bond motifs is 1. The van der Waals surface area contributed by atoms with Crippen molar-refractivity contribution in [1.29, 1.82) is 0 Å². The minimum absolute atomic E-state index is 0.00141. The number of ether oxygens (including phenoxy) is 2. The van der Waals surface area contributed by atoms with Crippen molar-refractivity contribution in [3.05, 3.63) is 83.7 Å². The topological polar surface area (TPSA) is 83.2 Å². The highest BCUT2D eigenvalue weighted by Gasteiger charge is 2.47. The van der Waals surface area contributed by atoms with Gasteiger partial charge in [0.15, 0.2) is 12.4 Å². The van der Waals surface area contributed by atoms with Crippen LogP contribution in [0, 0.1) is 5.92 Å². The van der Waals surface area contributed by atoms with Gasteiger partial charge in [-0.05, 0) is 60.6 Å². The highest BCUT2D eigenvalue weighted by molar-refractivity contribution is 5.94. The standard InChI is InChI=1S/C35H43N3O5/c1-4-5-19-38(28-12-9-18-36(2)22-28)33(39)24-37-23-29(26-15-16-32-27(21-26)17-20-43-32)34(35(40)41)30(37)13-8-11-25-10-6-7-14-31(25)42-3/h6-7,9-10,12,14-16,18,21-22,29-30,34H,4-5,8,11,13,17,19-20,23-24H2,1-3H3/p+1/t29-,30+,34-/m1/s1. The van der Waals surface area contributed by atoms with Crippen molar-refractivity contribution in [2.24, 2.45) is 13.0 Å². The molecule has 0 aliphatic carbocycles. The number of pyridine rings is 1. The third-order valence-electron chi connectivity index (χ3n) is 8.92. The van der Waals surface area contributed by atoms with E-state index in [9.17, 15) is 14.7 Å². The largest absolute Gasteiger partial charge is 0.496 e. The molecule has 1 saturated heterocycles. The van der Waals surface area contributed by atoms with Gasteiger partial charge in [0.2, 0.25) is 5.91 Å². The smallest absolute Gasteiger partial charge is 0.308 e. The lowest BCUT2D eigenvalue weighted by molar-refractivity contribution is -0.670. The second-order valence-electron chi connectivity index (χ2n) is 11.8. The number of aryl methyl sites for hydroxylation is 2. The van der Waals surface area contributed by atoms with Crippen LogP contribution in [-0.2, 0) is 29.5 Å². The van der Waals surface area contributed by atoms with E-state index in [2.05, 4.69) is 24.0 Å². The summed E-state index contributed by atoms with van der Waals surface area (Å²) in [6.45, 7) is 4.10. The molecule has 1 amide bonds. The van der Waals surface area contributed by atoms with Gasteiger partial charge >= 0.3 is 5.97 Å². The van der Waals surface area contributed by atoms with Gasteiger partial charge in [0.05, 0.1) is 26.2 Å². The molecule has 43 heavy (non-hydrogen) atoms. The number of nitrogens with zero attached hydrogens (tertiary/aromatic N) is 3. The van der Waals surface area contributed by atoms with E-state index in [1.807, 2.05) is 71.4 Å². The maximum absolute atomic E-state index is 14.0. The molecule has 1 aromatic heterocycles. The fourth-order valence-electron chi connectivity index (χ4n) is 6.74. The number of carbonyl (C=O) groups excluding carboxylic acids is 1. The van der Waals surface area contributed by atoms with Crippen LogP contribution in [0.3, 0.4) is 0 Å². The fourth-order valence-corrected chi connectivity index (χ4v) is 6.74. The number of aliphatic carboxylic acids is 1. The average molecular weight is 587 g/mol. The predicted molar refractivity (Wildman–Crippen MR) is 166 cm³/mol. The first-order valence-electron chi connectivity index (χ1n) is 15.5. The number of hydrogen-bond acceptors (Lipinski definition) is 5. The van der Waals surface area contributed by atoms with Crippen LogP contribution in [0.5, 0.6) is 11.5 Å². The number of carboxylic acid groups (broad SMARTS) is 1. The minimum Gasteiger partial charge on any atom is -0.496 e. The molecule has 228 valence electrons. The van der Waals surface area contributed by atoms with Gasteiger partial charge in [0, 0.05) is 37.5 Å². The van der Waals surface area contributed by atoms with Gasteiger partial charge in [-0.1, -0.05) is 43.7 Å². The first-order chi connectivity index (χ1) is 20.9. The van der Waals surface area contributed by atoms with Gasteiger partial charge in [-0.25, -0.2) is 4.57 Å². The molecule has 3 atom stereocenters. The third-order valence-corrected chi connectivity index (χ3v) is 8.92. The molecular formula is C35H44N3O5+. The molecule has 3 heterocycles. The van der Waals surface area contributed by atoms with Crippen molar-refractivity contribution < 1.29 is 28.7 Å². The van der Waals surface area contributed by atoms with Crippen LogP contribution in [0.4, 0.5) is 5.69 Å². The summed E-state index contributed by atoms with van der Waals surface area (Å²) in [7, 11) is 3.63.